The number of methoxy groups -OCH3 is 1. The molecule has 17 heavy (non-hydrogen) atoms. The van der Waals surface area contributed by atoms with E-state index in [1.807, 2.05) is 4.57 Å². The van der Waals surface area contributed by atoms with Crippen LogP contribution in [0.3, 0.4) is 0 Å². The van der Waals surface area contributed by atoms with E-state index in [0.717, 1.165) is 18.2 Å². The summed E-state index contributed by atoms with van der Waals surface area (Å²) in [5.74, 6) is 2.51. The van der Waals surface area contributed by atoms with Crippen LogP contribution in [0.4, 0.5) is 0 Å². The lowest BCUT2D eigenvalue weighted by Gasteiger charge is -2.11. The molecule has 0 saturated heterocycles. The fourth-order valence-corrected chi connectivity index (χ4v) is 1.66. The van der Waals surface area contributed by atoms with Gasteiger partial charge < -0.3 is 14.0 Å². The molecule has 0 bridgehead atoms. The number of nitrogens with zero attached hydrogens (tertiary/aromatic N) is 3. The second kappa shape index (κ2) is 7.63. The van der Waals surface area contributed by atoms with E-state index in [2.05, 4.69) is 24.0 Å². The molecule has 6 heteroatoms. The van der Waals surface area contributed by atoms with Crippen molar-refractivity contribution in [1.82, 2.24) is 14.8 Å². The van der Waals surface area contributed by atoms with Gasteiger partial charge in [0.05, 0.1) is 19.1 Å². The van der Waals surface area contributed by atoms with Gasteiger partial charge in [-0.2, -0.15) is 0 Å². The van der Waals surface area contributed by atoms with Crippen LogP contribution in [0.1, 0.15) is 25.5 Å². The highest BCUT2D eigenvalue weighted by Gasteiger charge is 2.12. The molecule has 98 valence electrons. The molecule has 0 unspecified atom stereocenters. The second-order valence-corrected chi connectivity index (χ2v) is 4.48. The summed E-state index contributed by atoms with van der Waals surface area (Å²) < 4.78 is 12.4. The van der Waals surface area contributed by atoms with Crippen LogP contribution in [-0.2, 0) is 28.5 Å². The molecule has 0 spiro atoms. The van der Waals surface area contributed by atoms with Gasteiger partial charge in [-0.3, -0.25) is 0 Å². The molecule has 1 aromatic heterocycles. The Morgan fingerprint density at radius 2 is 1.94 bits per heavy atom. The van der Waals surface area contributed by atoms with Crippen LogP contribution < -0.4 is 0 Å². The summed E-state index contributed by atoms with van der Waals surface area (Å²) in [5, 5.41) is 8.16. The van der Waals surface area contributed by atoms with Crippen LogP contribution >= 0.6 is 11.6 Å². The Labute approximate surface area is 107 Å². The highest BCUT2D eigenvalue weighted by Crippen LogP contribution is 2.10. The van der Waals surface area contributed by atoms with Crippen LogP contribution in [0.2, 0.25) is 0 Å². The first-order valence-electron chi connectivity index (χ1n) is 5.72. The Balaban J connectivity index is 2.60. The van der Waals surface area contributed by atoms with E-state index in [1.54, 1.807) is 7.11 Å². The molecule has 0 fully saturated rings. The minimum absolute atomic E-state index is 0.373. The predicted molar refractivity (Wildman–Crippen MR) is 65.9 cm³/mol. The zero-order valence-corrected chi connectivity index (χ0v) is 11.4. The molecule has 1 heterocycles. The van der Waals surface area contributed by atoms with Crippen molar-refractivity contribution in [1.29, 1.82) is 0 Å². The van der Waals surface area contributed by atoms with Crippen LogP contribution in [0.25, 0.3) is 0 Å². The third-order valence-corrected chi connectivity index (χ3v) is 2.47. The van der Waals surface area contributed by atoms with Gasteiger partial charge in [-0.1, -0.05) is 13.8 Å². The maximum atomic E-state index is 5.83. The van der Waals surface area contributed by atoms with Gasteiger partial charge in [0.15, 0.2) is 5.82 Å². The molecule has 0 aliphatic heterocycles. The number of alkyl halides is 1. The monoisotopic (exact) mass is 261 g/mol. The van der Waals surface area contributed by atoms with Crippen molar-refractivity contribution in [3.8, 4) is 0 Å². The first kappa shape index (κ1) is 14.4. The molecule has 0 amide bonds. The second-order valence-electron chi connectivity index (χ2n) is 4.22. The van der Waals surface area contributed by atoms with Gasteiger partial charge in [-0.05, 0) is 5.92 Å². The lowest BCUT2D eigenvalue weighted by Crippen LogP contribution is -2.13. The summed E-state index contributed by atoms with van der Waals surface area (Å²) >= 11 is 5.83. The normalized spacial score (nSPS) is 11.4. The molecular formula is C11H20ClN3O2. The molecule has 0 radical (unpaired) electrons. The van der Waals surface area contributed by atoms with E-state index in [0.29, 0.717) is 31.6 Å². The summed E-state index contributed by atoms with van der Waals surface area (Å²) in [5.41, 5.74) is 0. The van der Waals surface area contributed by atoms with Crippen LogP contribution in [0, 0.1) is 5.92 Å². The maximum Gasteiger partial charge on any atom is 0.159 e. The van der Waals surface area contributed by atoms with E-state index in [9.17, 15) is 0 Å². The van der Waals surface area contributed by atoms with Crippen molar-refractivity contribution in [3.05, 3.63) is 11.6 Å². The molecule has 0 atom stereocenters. The van der Waals surface area contributed by atoms with Crippen LogP contribution in [0.15, 0.2) is 0 Å². The van der Waals surface area contributed by atoms with Gasteiger partial charge in [-0.15, -0.1) is 21.8 Å². The average Bonchev–Trinajstić information content (AvgIpc) is 2.66. The zero-order valence-electron chi connectivity index (χ0n) is 10.6. The zero-order chi connectivity index (χ0) is 12.7. The van der Waals surface area contributed by atoms with Gasteiger partial charge in [-0.25, -0.2) is 0 Å². The Morgan fingerprint density at radius 3 is 2.53 bits per heavy atom. The fraction of sp³-hybridized carbons (Fsp3) is 0.818. The first-order valence-corrected chi connectivity index (χ1v) is 6.26. The summed E-state index contributed by atoms with van der Waals surface area (Å²) in [4.78, 5) is 0. The van der Waals surface area contributed by atoms with Crippen molar-refractivity contribution in [2.45, 2.75) is 32.9 Å². The van der Waals surface area contributed by atoms with Crippen molar-refractivity contribution < 1.29 is 9.47 Å². The van der Waals surface area contributed by atoms with Crippen LogP contribution in [0.5, 0.6) is 0 Å². The van der Waals surface area contributed by atoms with E-state index < -0.39 is 0 Å². The molecule has 0 aliphatic rings. The van der Waals surface area contributed by atoms with E-state index in [1.165, 1.54) is 0 Å². The number of rotatable bonds is 8. The molecule has 1 rings (SSSR count). The van der Waals surface area contributed by atoms with Gasteiger partial charge in [0.2, 0.25) is 0 Å². The Morgan fingerprint density at radius 1 is 1.24 bits per heavy atom. The fourth-order valence-electron chi connectivity index (χ4n) is 1.46. The molecule has 0 saturated carbocycles. The van der Waals surface area contributed by atoms with Crippen molar-refractivity contribution >= 4 is 11.6 Å². The molecular weight excluding hydrogens is 242 g/mol. The minimum Gasteiger partial charge on any atom is -0.382 e. The Hall–Kier alpha value is -0.650. The number of halogens is 1. The van der Waals surface area contributed by atoms with E-state index in [-0.39, 0.29) is 0 Å². The smallest absolute Gasteiger partial charge is 0.159 e. The Kier molecular flexibility index (Phi) is 6.47. The van der Waals surface area contributed by atoms with Gasteiger partial charge in [0.25, 0.3) is 0 Å². The molecule has 1 aromatic rings. The van der Waals surface area contributed by atoms with Crippen molar-refractivity contribution in [2.75, 3.05) is 20.3 Å². The maximum absolute atomic E-state index is 5.83. The van der Waals surface area contributed by atoms with Gasteiger partial charge in [0, 0.05) is 13.7 Å². The average molecular weight is 262 g/mol. The summed E-state index contributed by atoms with van der Waals surface area (Å²) in [6, 6.07) is 0. The number of hydrogen-bond acceptors (Lipinski definition) is 4. The molecule has 0 aliphatic carbocycles. The SMILES string of the molecule is COCCOCc1nnc(CCl)n1CC(C)C. The molecule has 0 aromatic carbocycles. The van der Waals surface area contributed by atoms with Gasteiger partial charge >= 0.3 is 0 Å². The quantitative estimate of drug-likeness (QED) is 0.529. The predicted octanol–water partition coefficient (Wildman–Crippen LogP) is 1.84. The number of aromatic nitrogens is 3. The lowest BCUT2D eigenvalue weighted by molar-refractivity contribution is 0.0569. The summed E-state index contributed by atoms with van der Waals surface area (Å²) in [6.07, 6.45) is 0. The third-order valence-electron chi connectivity index (χ3n) is 2.23. The van der Waals surface area contributed by atoms with Crippen LogP contribution in [-0.4, -0.2) is 35.1 Å². The molecule has 5 nitrogen and oxygen atoms in total. The third kappa shape index (κ3) is 4.61. The van der Waals surface area contributed by atoms with E-state index >= 15 is 0 Å². The first-order chi connectivity index (χ1) is 8.19. The summed E-state index contributed by atoms with van der Waals surface area (Å²) in [6.45, 7) is 6.74. The van der Waals surface area contributed by atoms with E-state index in [4.69, 9.17) is 21.1 Å². The largest absolute Gasteiger partial charge is 0.382 e. The number of ether oxygens (including phenoxy) is 2. The standard InChI is InChI=1S/C11H20ClN3O2/c1-9(2)7-15-10(6-12)13-14-11(15)8-17-5-4-16-3/h9H,4-8H2,1-3H3. The van der Waals surface area contributed by atoms with Crippen molar-refractivity contribution in [2.24, 2.45) is 5.92 Å². The summed E-state index contributed by atoms with van der Waals surface area (Å²) in [7, 11) is 1.65. The highest BCUT2D eigenvalue weighted by molar-refractivity contribution is 6.16. The van der Waals surface area contributed by atoms with Gasteiger partial charge in [0.1, 0.15) is 12.4 Å². The topological polar surface area (TPSA) is 49.2 Å². The Bertz CT molecular complexity index is 329. The minimum atomic E-state index is 0.373. The highest BCUT2D eigenvalue weighted by atomic mass is 35.5. The molecule has 0 N–H and O–H groups in total. The lowest BCUT2D eigenvalue weighted by atomic mass is 10.2. The number of hydrogen-bond donors (Lipinski definition) is 0. The van der Waals surface area contributed by atoms with Crippen molar-refractivity contribution in [3.63, 3.8) is 0 Å².